The number of rotatable bonds is 5. The molecule has 3 rings (SSSR count). The molecule has 1 aliphatic heterocycles. The van der Waals surface area contributed by atoms with E-state index < -0.39 is 11.7 Å². The fraction of sp³-hybridized carbons (Fsp3) is 0.647. The van der Waals surface area contributed by atoms with Crippen molar-refractivity contribution >= 4 is 12.4 Å². The summed E-state index contributed by atoms with van der Waals surface area (Å²) < 4.78 is 39.4. The zero-order valence-corrected chi connectivity index (χ0v) is 13.9. The Morgan fingerprint density at radius 1 is 1.13 bits per heavy atom. The first-order valence-electron chi connectivity index (χ1n) is 8.14. The van der Waals surface area contributed by atoms with Gasteiger partial charge in [0.2, 0.25) is 0 Å². The molecule has 2 fully saturated rings. The molecule has 1 saturated heterocycles. The Morgan fingerprint density at radius 3 is 2.48 bits per heavy atom. The van der Waals surface area contributed by atoms with E-state index in [1.54, 1.807) is 12.1 Å². The van der Waals surface area contributed by atoms with Crippen LogP contribution in [0.2, 0.25) is 0 Å². The number of hydrogen-bond acceptors (Lipinski definition) is 2. The van der Waals surface area contributed by atoms with Gasteiger partial charge in [-0.1, -0.05) is 18.2 Å². The molecule has 0 amide bonds. The summed E-state index contributed by atoms with van der Waals surface area (Å²) in [6.45, 7) is 3.38. The molecule has 0 aromatic heterocycles. The second kappa shape index (κ2) is 7.86. The van der Waals surface area contributed by atoms with Gasteiger partial charge in [0, 0.05) is 19.1 Å². The highest BCUT2D eigenvalue weighted by Gasteiger charge is 2.36. The van der Waals surface area contributed by atoms with Crippen molar-refractivity contribution in [2.75, 3.05) is 19.6 Å². The molecule has 1 heterocycles. The van der Waals surface area contributed by atoms with Crippen LogP contribution in [0, 0.1) is 5.92 Å². The number of piperidine rings is 1. The highest BCUT2D eigenvalue weighted by Crippen LogP contribution is 2.35. The standard InChI is InChI=1S/C17H23F3N2.ClH/c18-17(19,20)16-6-2-1-5-14(16)12-22(15-7-8-15)11-13-4-3-9-21-10-13;/h1-2,5-6,13,15,21H,3-4,7-12H2;1H. The van der Waals surface area contributed by atoms with E-state index >= 15 is 0 Å². The van der Waals surface area contributed by atoms with E-state index in [2.05, 4.69) is 10.2 Å². The Hall–Kier alpha value is -0.780. The number of benzene rings is 1. The van der Waals surface area contributed by atoms with Gasteiger partial charge >= 0.3 is 6.18 Å². The monoisotopic (exact) mass is 348 g/mol. The minimum absolute atomic E-state index is 0. The molecule has 1 aromatic rings. The van der Waals surface area contributed by atoms with Gasteiger partial charge in [-0.25, -0.2) is 0 Å². The van der Waals surface area contributed by atoms with Gasteiger partial charge in [0.1, 0.15) is 0 Å². The number of halogens is 4. The third-order valence-corrected chi connectivity index (χ3v) is 4.65. The molecule has 2 nitrogen and oxygen atoms in total. The van der Waals surface area contributed by atoms with E-state index in [4.69, 9.17) is 0 Å². The molecule has 1 aliphatic carbocycles. The number of hydrogen-bond donors (Lipinski definition) is 1. The predicted octanol–water partition coefficient (Wildman–Crippen LogP) is 4.09. The molecule has 6 heteroatoms. The first-order valence-corrected chi connectivity index (χ1v) is 8.14. The van der Waals surface area contributed by atoms with E-state index in [-0.39, 0.29) is 12.4 Å². The third kappa shape index (κ3) is 5.10. The fourth-order valence-electron chi connectivity index (χ4n) is 3.35. The highest BCUT2D eigenvalue weighted by atomic mass is 35.5. The van der Waals surface area contributed by atoms with Crippen LogP contribution in [0.25, 0.3) is 0 Å². The van der Waals surface area contributed by atoms with Crippen molar-refractivity contribution in [3.8, 4) is 0 Å². The van der Waals surface area contributed by atoms with Crippen molar-refractivity contribution < 1.29 is 13.2 Å². The van der Waals surface area contributed by atoms with E-state index in [9.17, 15) is 13.2 Å². The Kier molecular flexibility index (Phi) is 6.34. The zero-order valence-electron chi connectivity index (χ0n) is 13.1. The molecule has 1 saturated carbocycles. The fourth-order valence-corrected chi connectivity index (χ4v) is 3.35. The molecule has 0 bridgehead atoms. The minimum Gasteiger partial charge on any atom is -0.316 e. The largest absolute Gasteiger partial charge is 0.416 e. The Morgan fingerprint density at radius 2 is 1.87 bits per heavy atom. The molecule has 0 spiro atoms. The van der Waals surface area contributed by atoms with E-state index in [0.717, 1.165) is 32.5 Å². The van der Waals surface area contributed by atoms with Gasteiger partial charge in [-0.05, 0) is 56.3 Å². The highest BCUT2D eigenvalue weighted by molar-refractivity contribution is 5.85. The quantitative estimate of drug-likeness (QED) is 0.862. The molecule has 130 valence electrons. The summed E-state index contributed by atoms with van der Waals surface area (Å²) in [5.74, 6) is 0.562. The van der Waals surface area contributed by atoms with Gasteiger partial charge in [-0.3, -0.25) is 4.90 Å². The van der Waals surface area contributed by atoms with Crippen molar-refractivity contribution in [3.05, 3.63) is 35.4 Å². The van der Waals surface area contributed by atoms with Gasteiger partial charge in [0.05, 0.1) is 5.56 Å². The van der Waals surface area contributed by atoms with Gasteiger partial charge < -0.3 is 5.32 Å². The molecule has 0 radical (unpaired) electrons. The summed E-state index contributed by atoms with van der Waals surface area (Å²) in [5, 5.41) is 3.39. The average molecular weight is 349 g/mol. The third-order valence-electron chi connectivity index (χ3n) is 4.65. The van der Waals surface area contributed by atoms with Crippen LogP contribution in [0.4, 0.5) is 13.2 Å². The van der Waals surface area contributed by atoms with Crippen molar-refractivity contribution in [3.63, 3.8) is 0 Å². The van der Waals surface area contributed by atoms with Gasteiger partial charge in [-0.2, -0.15) is 13.2 Å². The average Bonchev–Trinajstić information content (AvgIpc) is 3.32. The summed E-state index contributed by atoms with van der Waals surface area (Å²) in [5.41, 5.74) is -0.0758. The summed E-state index contributed by atoms with van der Waals surface area (Å²) in [6.07, 6.45) is 0.320. The predicted molar refractivity (Wildman–Crippen MR) is 87.7 cm³/mol. The summed E-state index contributed by atoms with van der Waals surface area (Å²) in [4.78, 5) is 2.27. The Labute approximate surface area is 141 Å². The van der Waals surface area contributed by atoms with Crippen molar-refractivity contribution in [1.29, 1.82) is 0 Å². The summed E-state index contributed by atoms with van der Waals surface area (Å²) in [6, 6.07) is 6.47. The van der Waals surface area contributed by atoms with E-state index in [1.165, 1.54) is 25.0 Å². The lowest BCUT2D eigenvalue weighted by Gasteiger charge is -2.31. The van der Waals surface area contributed by atoms with Crippen LogP contribution in [0.15, 0.2) is 24.3 Å². The second-order valence-corrected chi connectivity index (χ2v) is 6.53. The molecule has 1 N–H and O–H groups in total. The molecule has 1 aromatic carbocycles. The minimum atomic E-state index is -4.27. The lowest BCUT2D eigenvalue weighted by atomic mass is 9.98. The first kappa shape index (κ1) is 18.6. The maximum atomic E-state index is 13.1. The van der Waals surface area contributed by atoms with Crippen LogP contribution in [0.3, 0.4) is 0 Å². The SMILES string of the molecule is Cl.FC(F)(F)c1ccccc1CN(CC1CCCNC1)C1CC1. The summed E-state index contributed by atoms with van der Waals surface area (Å²) >= 11 is 0. The number of nitrogens with one attached hydrogen (secondary N) is 1. The zero-order chi connectivity index (χ0) is 15.6. The number of nitrogens with zero attached hydrogens (tertiary/aromatic N) is 1. The van der Waals surface area contributed by atoms with Gasteiger partial charge in [0.15, 0.2) is 0 Å². The maximum Gasteiger partial charge on any atom is 0.416 e. The smallest absolute Gasteiger partial charge is 0.316 e. The molecular weight excluding hydrogens is 325 g/mol. The molecule has 1 unspecified atom stereocenters. The Balaban J connectivity index is 0.00000192. The summed E-state index contributed by atoms with van der Waals surface area (Å²) in [7, 11) is 0. The Bertz CT molecular complexity index is 497. The van der Waals surface area contributed by atoms with Gasteiger partial charge in [0.25, 0.3) is 0 Å². The normalized spacial score (nSPS) is 22.0. The molecule has 2 aliphatic rings. The number of alkyl halides is 3. The second-order valence-electron chi connectivity index (χ2n) is 6.53. The van der Waals surface area contributed by atoms with Crippen LogP contribution in [0.1, 0.15) is 36.8 Å². The van der Waals surface area contributed by atoms with E-state index in [0.29, 0.717) is 24.1 Å². The molecular formula is C17H24ClF3N2. The van der Waals surface area contributed by atoms with Crippen molar-refractivity contribution in [1.82, 2.24) is 10.2 Å². The molecule has 23 heavy (non-hydrogen) atoms. The lowest BCUT2D eigenvalue weighted by molar-refractivity contribution is -0.138. The topological polar surface area (TPSA) is 15.3 Å². The van der Waals surface area contributed by atoms with Crippen LogP contribution in [-0.2, 0) is 12.7 Å². The molecule has 1 atom stereocenters. The maximum absolute atomic E-state index is 13.1. The van der Waals surface area contributed by atoms with Crippen LogP contribution in [0.5, 0.6) is 0 Å². The van der Waals surface area contributed by atoms with Crippen molar-refractivity contribution in [2.24, 2.45) is 5.92 Å². The van der Waals surface area contributed by atoms with Crippen LogP contribution in [-0.4, -0.2) is 30.6 Å². The van der Waals surface area contributed by atoms with E-state index in [1.807, 2.05) is 0 Å². The first-order chi connectivity index (χ1) is 10.5. The van der Waals surface area contributed by atoms with Crippen LogP contribution >= 0.6 is 12.4 Å². The lowest BCUT2D eigenvalue weighted by Crippen LogP contribution is -2.39. The van der Waals surface area contributed by atoms with Crippen LogP contribution < -0.4 is 5.32 Å². The van der Waals surface area contributed by atoms with Gasteiger partial charge in [-0.15, -0.1) is 12.4 Å². The van der Waals surface area contributed by atoms with Crippen molar-refractivity contribution in [2.45, 2.75) is 44.4 Å².